The number of halogens is 2. The first-order chi connectivity index (χ1) is 17.9. The molecule has 0 bridgehead atoms. The predicted octanol–water partition coefficient (Wildman–Crippen LogP) is 6.73. The molecule has 5 nitrogen and oxygen atoms in total. The zero-order chi connectivity index (χ0) is 26.1. The molecular formula is C30H33BrClN3O2. The summed E-state index contributed by atoms with van der Waals surface area (Å²) in [6.07, 6.45) is 7.23. The van der Waals surface area contributed by atoms with E-state index in [-0.39, 0.29) is 12.1 Å². The molecular weight excluding hydrogens is 550 g/mol. The van der Waals surface area contributed by atoms with Gasteiger partial charge < -0.3 is 9.47 Å². The first-order valence-corrected chi connectivity index (χ1v) is 14.2. The van der Waals surface area contributed by atoms with Crippen LogP contribution in [0.15, 0.2) is 51.8 Å². The Balaban J connectivity index is 1.50. The Morgan fingerprint density at radius 3 is 2.70 bits per heavy atom. The van der Waals surface area contributed by atoms with E-state index in [1.807, 2.05) is 12.3 Å². The highest BCUT2D eigenvalue weighted by Gasteiger charge is 2.33. The lowest BCUT2D eigenvalue weighted by Gasteiger charge is -2.37. The first kappa shape index (κ1) is 26.4. The number of rotatable bonds is 4. The van der Waals surface area contributed by atoms with E-state index in [1.165, 1.54) is 33.4 Å². The molecule has 0 radical (unpaired) electrons. The van der Waals surface area contributed by atoms with Gasteiger partial charge in [-0.05, 0) is 94.4 Å². The Morgan fingerprint density at radius 2 is 1.95 bits per heavy atom. The molecule has 1 aromatic heterocycles. The van der Waals surface area contributed by atoms with Crippen molar-refractivity contribution in [2.24, 2.45) is 5.92 Å². The zero-order valence-corrected chi connectivity index (χ0v) is 24.0. The minimum Gasteiger partial charge on any atom is -0.501 e. The van der Waals surface area contributed by atoms with Crippen molar-refractivity contribution in [3.05, 3.63) is 79.2 Å². The predicted molar refractivity (Wildman–Crippen MR) is 150 cm³/mol. The molecule has 3 atom stereocenters. The van der Waals surface area contributed by atoms with Crippen LogP contribution in [0.5, 0.6) is 0 Å². The lowest BCUT2D eigenvalue weighted by molar-refractivity contribution is 0.0356. The Hall–Kier alpha value is -2.17. The number of ether oxygens (including phenoxy) is 2. The fraction of sp³-hybridized carbons (Fsp3) is 0.467. The van der Waals surface area contributed by atoms with Gasteiger partial charge in [-0.25, -0.2) is 0 Å². The molecule has 1 aliphatic heterocycles. The van der Waals surface area contributed by atoms with Crippen molar-refractivity contribution in [3.8, 4) is 6.07 Å². The first-order valence-electron chi connectivity index (χ1n) is 13.0. The van der Waals surface area contributed by atoms with Gasteiger partial charge in [0.15, 0.2) is 0 Å². The summed E-state index contributed by atoms with van der Waals surface area (Å²) in [6.45, 7) is 3.83. The van der Waals surface area contributed by atoms with Crippen LogP contribution in [0.1, 0.15) is 55.0 Å². The fourth-order valence-corrected chi connectivity index (χ4v) is 6.78. The summed E-state index contributed by atoms with van der Waals surface area (Å²) in [5, 5.41) is 11.0. The highest BCUT2D eigenvalue weighted by molar-refractivity contribution is 9.10. The van der Waals surface area contributed by atoms with Crippen molar-refractivity contribution >= 4 is 33.1 Å². The number of aromatic nitrogens is 1. The summed E-state index contributed by atoms with van der Waals surface area (Å²) >= 11 is 10.0. The monoisotopic (exact) mass is 581 g/mol. The summed E-state index contributed by atoms with van der Waals surface area (Å²) in [7, 11) is 3.52. The largest absolute Gasteiger partial charge is 0.501 e. The van der Waals surface area contributed by atoms with Crippen molar-refractivity contribution in [2.45, 2.75) is 57.6 Å². The van der Waals surface area contributed by atoms with Crippen LogP contribution in [-0.2, 0) is 22.3 Å². The Kier molecular flexibility index (Phi) is 8.07. The van der Waals surface area contributed by atoms with E-state index in [2.05, 4.69) is 52.0 Å². The molecule has 0 saturated carbocycles. The van der Waals surface area contributed by atoms with Gasteiger partial charge in [-0.3, -0.25) is 9.88 Å². The average molecular weight is 583 g/mol. The number of pyridine rings is 1. The number of nitrogens with zero attached hydrogens (tertiary/aromatic N) is 3. The number of hydrogen-bond acceptors (Lipinski definition) is 5. The van der Waals surface area contributed by atoms with Crippen LogP contribution in [0.3, 0.4) is 0 Å². The van der Waals surface area contributed by atoms with Gasteiger partial charge in [0.2, 0.25) is 0 Å². The van der Waals surface area contributed by atoms with Crippen molar-refractivity contribution < 1.29 is 9.47 Å². The third-order valence-corrected chi connectivity index (χ3v) is 8.85. The van der Waals surface area contributed by atoms with Crippen LogP contribution in [0.2, 0.25) is 5.02 Å². The van der Waals surface area contributed by atoms with E-state index in [9.17, 15) is 5.26 Å². The number of methoxy groups -OCH3 is 2. The molecule has 5 rings (SSSR count). The SMILES string of the molecule is COC1=C(CN2CC/C(=C3/c4ccc(Cl)cc4CCc4cc(Br)cnc43)CC2C#N)CC(C)C(OC)C1. The lowest BCUT2D eigenvalue weighted by atomic mass is 9.84. The van der Waals surface area contributed by atoms with Gasteiger partial charge in [0, 0.05) is 47.9 Å². The number of nitriles is 1. The molecule has 2 aliphatic carbocycles. The molecule has 1 saturated heterocycles. The molecule has 3 aliphatic rings. The van der Waals surface area contributed by atoms with Gasteiger partial charge in [-0.15, -0.1) is 0 Å². The third-order valence-electron chi connectivity index (χ3n) is 8.18. The van der Waals surface area contributed by atoms with E-state index in [1.54, 1.807) is 14.2 Å². The minimum absolute atomic E-state index is 0.180. The molecule has 7 heteroatoms. The minimum atomic E-state index is -0.199. The number of aryl methyl sites for hydroxylation is 2. The van der Waals surface area contributed by atoms with Gasteiger partial charge in [0.25, 0.3) is 0 Å². The Morgan fingerprint density at radius 1 is 1.14 bits per heavy atom. The van der Waals surface area contributed by atoms with Crippen LogP contribution >= 0.6 is 27.5 Å². The number of likely N-dealkylation sites (tertiary alicyclic amines) is 1. The maximum absolute atomic E-state index is 10.3. The highest BCUT2D eigenvalue weighted by Crippen LogP contribution is 2.41. The molecule has 2 heterocycles. The highest BCUT2D eigenvalue weighted by atomic mass is 79.9. The van der Waals surface area contributed by atoms with E-state index >= 15 is 0 Å². The Bertz CT molecular complexity index is 1240. The van der Waals surface area contributed by atoms with Crippen LogP contribution in [0.4, 0.5) is 0 Å². The molecule has 0 amide bonds. The van der Waals surface area contributed by atoms with Crippen molar-refractivity contribution in [1.82, 2.24) is 9.88 Å². The molecule has 3 unspecified atom stereocenters. The topological polar surface area (TPSA) is 58.4 Å². The van der Waals surface area contributed by atoms with Crippen molar-refractivity contribution in [1.29, 1.82) is 5.26 Å². The smallest absolute Gasteiger partial charge is 0.102 e. The van der Waals surface area contributed by atoms with Crippen LogP contribution in [-0.4, -0.2) is 49.3 Å². The van der Waals surface area contributed by atoms with Crippen LogP contribution < -0.4 is 0 Å². The van der Waals surface area contributed by atoms with E-state index < -0.39 is 0 Å². The van der Waals surface area contributed by atoms with E-state index in [4.69, 9.17) is 26.1 Å². The van der Waals surface area contributed by atoms with Crippen LogP contribution in [0, 0.1) is 17.2 Å². The Labute approximate surface area is 233 Å². The number of fused-ring (bicyclic) bond motifs is 2. The second-order valence-corrected chi connectivity index (χ2v) is 11.8. The number of piperidine rings is 1. The summed E-state index contributed by atoms with van der Waals surface area (Å²) in [4.78, 5) is 7.22. The molecule has 37 heavy (non-hydrogen) atoms. The van der Waals surface area contributed by atoms with Gasteiger partial charge in [0.1, 0.15) is 6.04 Å². The molecule has 194 valence electrons. The summed E-state index contributed by atoms with van der Waals surface area (Å²) in [6, 6.07) is 10.8. The second kappa shape index (κ2) is 11.3. The fourth-order valence-electron chi connectivity index (χ4n) is 6.21. The molecule has 1 fully saturated rings. The number of hydrogen-bond donors (Lipinski definition) is 0. The van der Waals surface area contributed by atoms with Gasteiger partial charge >= 0.3 is 0 Å². The lowest BCUT2D eigenvalue weighted by Crippen LogP contribution is -2.42. The zero-order valence-electron chi connectivity index (χ0n) is 21.7. The van der Waals surface area contributed by atoms with Crippen molar-refractivity contribution in [2.75, 3.05) is 27.3 Å². The maximum Gasteiger partial charge on any atom is 0.102 e. The quantitative estimate of drug-likeness (QED) is 0.400. The maximum atomic E-state index is 10.3. The normalized spacial score (nSPS) is 26.2. The van der Waals surface area contributed by atoms with Gasteiger partial charge in [-0.2, -0.15) is 5.26 Å². The van der Waals surface area contributed by atoms with Crippen molar-refractivity contribution in [3.63, 3.8) is 0 Å². The molecule has 2 aromatic rings. The standard InChI is InChI=1S/C30H33BrClN3O2/c1-18-10-22(28(37-3)14-27(18)36-2)17-35-9-8-20(13-25(35)15-33)29-26-7-6-24(32)12-19(26)4-5-21-11-23(31)16-34-30(21)29/h6-7,11-12,16,18,25,27H,4-5,8-10,13-14,17H2,1-3H3/b29-20+. The molecule has 1 aromatic carbocycles. The molecule has 0 spiro atoms. The second-order valence-electron chi connectivity index (χ2n) is 10.4. The van der Waals surface area contributed by atoms with Gasteiger partial charge in [-0.1, -0.05) is 30.2 Å². The van der Waals surface area contributed by atoms with E-state index in [0.29, 0.717) is 12.3 Å². The number of benzene rings is 1. The average Bonchev–Trinajstić information content (AvgIpc) is 3.05. The summed E-state index contributed by atoms with van der Waals surface area (Å²) < 4.78 is 12.4. The molecule has 0 N–H and O–H groups in total. The summed E-state index contributed by atoms with van der Waals surface area (Å²) in [5.41, 5.74) is 8.53. The third kappa shape index (κ3) is 5.38. The van der Waals surface area contributed by atoms with Gasteiger partial charge in [0.05, 0.1) is 30.7 Å². The summed E-state index contributed by atoms with van der Waals surface area (Å²) in [5.74, 6) is 1.45. The van der Waals surface area contributed by atoms with Crippen LogP contribution in [0.25, 0.3) is 5.57 Å². The van der Waals surface area contributed by atoms with E-state index in [0.717, 1.165) is 66.1 Å².